The molecular weight excluding hydrogens is 182 g/mol. The van der Waals surface area contributed by atoms with Gasteiger partial charge in [0.25, 0.3) is 0 Å². The Hall–Kier alpha value is -1.58. The molecule has 0 aliphatic rings. The smallest absolute Gasteiger partial charge is 0.354 e. The van der Waals surface area contributed by atoms with Gasteiger partial charge in [0.2, 0.25) is 0 Å². The summed E-state index contributed by atoms with van der Waals surface area (Å²) >= 11 is 0. The normalized spacial score (nSPS) is 9.93. The van der Waals surface area contributed by atoms with Crippen LogP contribution in [0.1, 0.15) is 34.7 Å². The van der Waals surface area contributed by atoms with Gasteiger partial charge in [-0.25, -0.2) is 4.79 Å². The minimum Gasteiger partial charge on any atom is -0.461 e. The first-order valence-electron chi connectivity index (χ1n) is 4.40. The summed E-state index contributed by atoms with van der Waals surface area (Å²) < 4.78 is 6.42. The van der Waals surface area contributed by atoms with Gasteiger partial charge in [0.1, 0.15) is 5.69 Å². The van der Waals surface area contributed by atoms with Gasteiger partial charge in [0.05, 0.1) is 6.61 Å². The number of aromatic nitrogens is 1. The maximum atomic E-state index is 11.3. The molecule has 0 bridgehead atoms. The van der Waals surface area contributed by atoms with Crippen LogP contribution in [0.25, 0.3) is 0 Å². The molecule has 1 rings (SSSR count). The Morgan fingerprint density at radius 1 is 1.50 bits per heavy atom. The molecule has 1 heterocycles. The Bertz CT molecular complexity index is 365. The fourth-order valence-corrected chi connectivity index (χ4v) is 1.17. The zero-order chi connectivity index (χ0) is 10.7. The molecule has 0 spiro atoms. The first-order chi connectivity index (χ1) is 6.56. The van der Waals surface area contributed by atoms with Gasteiger partial charge in [-0.3, -0.25) is 4.79 Å². The minimum absolute atomic E-state index is 0.0591. The van der Waals surface area contributed by atoms with Crippen LogP contribution in [-0.4, -0.2) is 22.9 Å². The van der Waals surface area contributed by atoms with Crippen LogP contribution in [0.15, 0.2) is 12.3 Å². The topological polar surface area (TPSA) is 48.3 Å². The van der Waals surface area contributed by atoms with Crippen LogP contribution in [0.2, 0.25) is 0 Å². The molecule has 14 heavy (non-hydrogen) atoms. The van der Waals surface area contributed by atoms with E-state index in [9.17, 15) is 9.59 Å². The zero-order valence-electron chi connectivity index (χ0n) is 8.53. The molecule has 76 valence electrons. The molecule has 1 aromatic heterocycles. The average molecular weight is 195 g/mol. The summed E-state index contributed by atoms with van der Waals surface area (Å²) in [5, 5.41) is 0. The van der Waals surface area contributed by atoms with E-state index < -0.39 is 5.97 Å². The summed E-state index contributed by atoms with van der Waals surface area (Å²) in [5.74, 6) is -0.460. The van der Waals surface area contributed by atoms with Crippen molar-refractivity contribution in [2.24, 2.45) is 7.05 Å². The Kier molecular flexibility index (Phi) is 3.06. The van der Waals surface area contributed by atoms with Crippen molar-refractivity contribution >= 4 is 11.8 Å². The van der Waals surface area contributed by atoms with Crippen LogP contribution in [0.3, 0.4) is 0 Å². The molecule has 0 saturated carbocycles. The van der Waals surface area contributed by atoms with Crippen LogP contribution < -0.4 is 0 Å². The molecule has 0 aliphatic carbocycles. The summed E-state index contributed by atoms with van der Waals surface area (Å²) in [6.45, 7) is 3.54. The third-order valence-electron chi connectivity index (χ3n) is 1.90. The third-order valence-corrected chi connectivity index (χ3v) is 1.90. The van der Waals surface area contributed by atoms with Crippen LogP contribution in [-0.2, 0) is 11.8 Å². The van der Waals surface area contributed by atoms with Crippen molar-refractivity contribution in [1.82, 2.24) is 4.57 Å². The molecule has 1 aromatic rings. The lowest BCUT2D eigenvalue weighted by molar-refractivity contribution is 0.0515. The second kappa shape index (κ2) is 4.09. The maximum absolute atomic E-state index is 11.3. The van der Waals surface area contributed by atoms with Gasteiger partial charge in [0, 0.05) is 18.8 Å². The van der Waals surface area contributed by atoms with Crippen molar-refractivity contribution in [3.8, 4) is 0 Å². The van der Waals surface area contributed by atoms with Crippen molar-refractivity contribution in [2.75, 3.05) is 6.61 Å². The largest absolute Gasteiger partial charge is 0.461 e. The number of carbonyl (C=O) groups excluding carboxylic acids is 2. The summed E-state index contributed by atoms with van der Waals surface area (Å²) in [6, 6.07) is 1.54. The zero-order valence-corrected chi connectivity index (χ0v) is 8.53. The number of ether oxygens (including phenoxy) is 1. The van der Waals surface area contributed by atoms with Crippen LogP contribution in [0, 0.1) is 0 Å². The molecule has 0 unspecified atom stereocenters. The second-order valence-corrected chi connectivity index (χ2v) is 3.00. The van der Waals surface area contributed by atoms with E-state index in [1.54, 1.807) is 30.8 Å². The number of rotatable bonds is 3. The first-order valence-corrected chi connectivity index (χ1v) is 4.40. The lowest BCUT2D eigenvalue weighted by Crippen LogP contribution is -2.08. The Balaban J connectivity index is 2.98. The second-order valence-electron chi connectivity index (χ2n) is 3.00. The predicted molar refractivity (Wildman–Crippen MR) is 51.4 cm³/mol. The van der Waals surface area contributed by atoms with Crippen LogP contribution in [0.5, 0.6) is 0 Å². The standard InChI is InChI=1S/C10H13NO3/c1-4-14-10(13)9-5-8(7(2)12)6-11(9)3/h5-6H,4H2,1-3H3. The van der Waals surface area contributed by atoms with Gasteiger partial charge in [-0.05, 0) is 19.9 Å². The minimum atomic E-state index is -0.400. The van der Waals surface area contributed by atoms with E-state index in [1.165, 1.54) is 6.92 Å². The number of carbonyl (C=O) groups is 2. The molecule has 4 nitrogen and oxygen atoms in total. The maximum Gasteiger partial charge on any atom is 0.354 e. The summed E-state index contributed by atoms with van der Waals surface area (Å²) in [6.07, 6.45) is 1.62. The number of aryl methyl sites for hydroxylation is 1. The molecule has 4 heteroatoms. The van der Waals surface area contributed by atoms with E-state index in [1.807, 2.05) is 0 Å². The summed E-state index contributed by atoms with van der Waals surface area (Å²) in [5.41, 5.74) is 0.924. The Labute approximate surface area is 82.5 Å². The highest BCUT2D eigenvalue weighted by Crippen LogP contribution is 2.09. The van der Waals surface area contributed by atoms with Crippen LogP contribution in [0.4, 0.5) is 0 Å². The number of hydrogen-bond donors (Lipinski definition) is 0. The van der Waals surface area contributed by atoms with Crippen molar-refractivity contribution in [3.63, 3.8) is 0 Å². The SMILES string of the molecule is CCOC(=O)c1cc(C(C)=O)cn1C. The molecule has 0 aliphatic heterocycles. The monoisotopic (exact) mass is 195 g/mol. The van der Waals surface area contributed by atoms with Crippen molar-refractivity contribution in [1.29, 1.82) is 0 Å². The molecule has 0 aromatic carbocycles. The van der Waals surface area contributed by atoms with Crippen molar-refractivity contribution in [2.45, 2.75) is 13.8 Å². The first kappa shape index (κ1) is 10.5. The lowest BCUT2D eigenvalue weighted by atomic mass is 10.2. The molecule has 0 radical (unpaired) electrons. The van der Waals surface area contributed by atoms with E-state index in [0.717, 1.165) is 0 Å². The molecule has 0 fully saturated rings. The summed E-state index contributed by atoms with van der Waals surface area (Å²) in [4.78, 5) is 22.4. The van der Waals surface area contributed by atoms with Gasteiger partial charge in [-0.15, -0.1) is 0 Å². The lowest BCUT2D eigenvalue weighted by Gasteiger charge is -2.01. The van der Waals surface area contributed by atoms with E-state index in [-0.39, 0.29) is 5.78 Å². The average Bonchev–Trinajstić information content (AvgIpc) is 2.48. The third kappa shape index (κ3) is 2.02. The van der Waals surface area contributed by atoms with E-state index in [4.69, 9.17) is 4.74 Å². The molecule has 0 N–H and O–H groups in total. The fourth-order valence-electron chi connectivity index (χ4n) is 1.17. The van der Waals surface area contributed by atoms with Crippen LogP contribution >= 0.6 is 0 Å². The molecular formula is C10H13NO3. The molecule has 0 amide bonds. The number of nitrogens with zero attached hydrogens (tertiary/aromatic N) is 1. The highest BCUT2D eigenvalue weighted by molar-refractivity contribution is 5.97. The predicted octanol–water partition coefficient (Wildman–Crippen LogP) is 1.40. The molecule has 0 atom stereocenters. The van der Waals surface area contributed by atoms with E-state index >= 15 is 0 Å². The number of esters is 1. The van der Waals surface area contributed by atoms with E-state index in [0.29, 0.717) is 17.9 Å². The molecule has 0 saturated heterocycles. The van der Waals surface area contributed by atoms with Gasteiger partial charge < -0.3 is 9.30 Å². The number of hydrogen-bond acceptors (Lipinski definition) is 3. The van der Waals surface area contributed by atoms with Gasteiger partial charge in [-0.1, -0.05) is 0 Å². The fraction of sp³-hybridized carbons (Fsp3) is 0.400. The van der Waals surface area contributed by atoms with Gasteiger partial charge >= 0.3 is 5.97 Å². The highest BCUT2D eigenvalue weighted by Gasteiger charge is 2.13. The Morgan fingerprint density at radius 2 is 2.14 bits per heavy atom. The highest BCUT2D eigenvalue weighted by atomic mass is 16.5. The van der Waals surface area contributed by atoms with Crippen molar-refractivity contribution < 1.29 is 14.3 Å². The van der Waals surface area contributed by atoms with Gasteiger partial charge in [0.15, 0.2) is 5.78 Å². The number of Topliss-reactive ketones (excluding diaryl/α,β-unsaturated/α-hetero) is 1. The van der Waals surface area contributed by atoms with Gasteiger partial charge in [-0.2, -0.15) is 0 Å². The Morgan fingerprint density at radius 3 is 2.57 bits per heavy atom. The van der Waals surface area contributed by atoms with Crippen molar-refractivity contribution in [3.05, 3.63) is 23.5 Å². The quantitative estimate of drug-likeness (QED) is 0.541. The van der Waals surface area contributed by atoms with E-state index in [2.05, 4.69) is 0 Å². The summed E-state index contributed by atoms with van der Waals surface area (Å²) in [7, 11) is 1.71. The number of ketones is 1.